The smallest absolute Gasteiger partial charge is 0.0582 e. The van der Waals surface area contributed by atoms with Crippen LogP contribution in [0.3, 0.4) is 0 Å². The minimum atomic E-state index is 0.491. The minimum Gasteiger partial charge on any atom is -0.402 e. The zero-order chi connectivity index (χ0) is 9.10. The molecule has 1 fully saturated rings. The lowest BCUT2D eigenvalue weighted by molar-refractivity contribution is 0.366. The molecule has 2 aliphatic rings. The lowest BCUT2D eigenvalue weighted by atomic mass is 9.84. The SMILES string of the molecule is NC1=CC=NC2CCCCCCC12. The summed E-state index contributed by atoms with van der Waals surface area (Å²) in [5.74, 6) is 0.547. The second kappa shape index (κ2) is 3.95. The molecule has 72 valence electrons. The second-order valence-corrected chi connectivity index (χ2v) is 4.13. The molecular formula is C11H18N2. The molecule has 0 amide bonds. The van der Waals surface area contributed by atoms with Gasteiger partial charge in [0.05, 0.1) is 6.04 Å². The largest absolute Gasteiger partial charge is 0.402 e. The molecule has 13 heavy (non-hydrogen) atoms. The molecule has 0 radical (unpaired) electrons. The number of hydrogen-bond donors (Lipinski definition) is 1. The van der Waals surface area contributed by atoms with Crippen molar-refractivity contribution in [3.05, 3.63) is 11.8 Å². The van der Waals surface area contributed by atoms with Crippen LogP contribution >= 0.6 is 0 Å². The Morgan fingerprint density at radius 1 is 1.15 bits per heavy atom. The van der Waals surface area contributed by atoms with E-state index in [9.17, 15) is 0 Å². The molecule has 1 heterocycles. The van der Waals surface area contributed by atoms with Gasteiger partial charge in [0.1, 0.15) is 0 Å². The maximum atomic E-state index is 5.98. The summed E-state index contributed by atoms with van der Waals surface area (Å²) in [5, 5.41) is 0. The van der Waals surface area contributed by atoms with Crippen molar-refractivity contribution >= 4 is 6.21 Å². The molecule has 1 aliphatic heterocycles. The van der Waals surface area contributed by atoms with Crippen LogP contribution in [-0.4, -0.2) is 12.3 Å². The van der Waals surface area contributed by atoms with E-state index in [4.69, 9.17) is 5.73 Å². The van der Waals surface area contributed by atoms with Crippen LogP contribution in [0.15, 0.2) is 16.8 Å². The number of rotatable bonds is 0. The van der Waals surface area contributed by atoms with Gasteiger partial charge in [0.2, 0.25) is 0 Å². The summed E-state index contributed by atoms with van der Waals surface area (Å²) in [6, 6.07) is 0.491. The van der Waals surface area contributed by atoms with Crippen LogP contribution in [-0.2, 0) is 0 Å². The first-order chi connectivity index (χ1) is 6.38. The normalized spacial score (nSPS) is 34.3. The van der Waals surface area contributed by atoms with Gasteiger partial charge in [-0.3, -0.25) is 4.99 Å². The van der Waals surface area contributed by atoms with Crippen molar-refractivity contribution in [1.82, 2.24) is 0 Å². The number of fused-ring (bicyclic) bond motifs is 1. The first kappa shape index (κ1) is 8.79. The molecular weight excluding hydrogens is 160 g/mol. The maximum Gasteiger partial charge on any atom is 0.0582 e. The van der Waals surface area contributed by atoms with Crippen molar-refractivity contribution in [2.45, 2.75) is 44.6 Å². The fourth-order valence-electron chi connectivity index (χ4n) is 2.40. The van der Waals surface area contributed by atoms with Crippen molar-refractivity contribution < 1.29 is 0 Å². The Bertz CT molecular complexity index is 230. The number of nitrogens with two attached hydrogens (primary N) is 1. The van der Waals surface area contributed by atoms with Gasteiger partial charge >= 0.3 is 0 Å². The molecule has 1 aliphatic carbocycles. The highest BCUT2D eigenvalue weighted by atomic mass is 14.8. The predicted molar refractivity (Wildman–Crippen MR) is 55.7 cm³/mol. The van der Waals surface area contributed by atoms with E-state index in [1.54, 1.807) is 0 Å². The summed E-state index contributed by atoms with van der Waals surface area (Å²) >= 11 is 0. The van der Waals surface area contributed by atoms with E-state index in [1.807, 2.05) is 12.3 Å². The molecule has 2 unspecified atom stereocenters. The van der Waals surface area contributed by atoms with Gasteiger partial charge in [-0.25, -0.2) is 0 Å². The standard InChI is InChI=1S/C11H18N2/c12-10-7-8-13-11-6-4-2-1-3-5-9(10)11/h7-9,11H,1-6,12H2. The Morgan fingerprint density at radius 3 is 2.77 bits per heavy atom. The monoisotopic (exact) mass is 178 g/mol. The summed E-state index contributed by atoms with van der Waals surface area (Å²) in [6.07, 6.45) is 11.7. The molecule has 0 bridgehead atoms. The van der Waals surface area contributed by atoms with Crippen molar-refractivity contribution in [2.75, 3.05) is 0 Å². The quantitative estimate of drug-likeness (QED) is 0.607. The van der Waals surface area contributed by atoms with Crippen LogP contribution in [0.4, 0.5) is 0 Å². The van der Waals surface area contributed by atoms with E-state index >= 15 is 0 Å². The highest BCUT2D eigenvalue weighted by molar-refractivity contribution is 5.73. The molecule has 2 N–H and O–H groups in total. The lowest BCUT2D eigenvalue weighted by Gasteiger charge is -2.28. The third kappa shape index (κ3) is 1.93. The van der Waals surface area contributed by atoms with E-state index in [2.05, 4.69) is 4.99 Å². The van der Waals surface area contributed by atoms with Crippen LogP contribution in [0.2, 0.25) is 0 Å². The fourth-order valence-corrected chi connectivity index (χ4v) is 2.40. The zero-order valence-electron chi connectivity index (χ0n) is 8.08. The second-order valence-electron chi connectivity index (χ2n) is 4.13. The van der Waals surface area contributed by atoms with E-state index in [0.717, 1.165) is 5.70 Å². The Labute approximate surface area is 79.9 Å². The summed E-state index contributed by atoms with van der Waals surface area (Å²) < 4.78 is 0. The van der Waals surface area contributed by atoms with Crippen LogP contribution < -0.4 is 5.73 Å². The molecule has 0 saturated heterocycles. The number of aliphatic imine (C=N–C) groups is 1. The number of dihydropyridines is 1. The molecule has 2 atom stereocenters. The molecule has 0 aromatic heterocycles. The number of hydrogen-bond acceptors (Lipinski definition) is 2. The highest BCUT2D eigenvalue weighted by Crippen LogP contribution is 2.29. The van der Waals surface area contributed by atoms with E-state index in [0.29, 0.717) is 12.0 Å². The molecule has 2 heteroatoms. The molecule has 0 aromatic carbocycles. The summed E-state index contributed by atoms with van der Waals surface area (Å²) in [4.78, 5) is 4.52. The van der Waals surface area contributed by atoms with Crippen LogP contribution in [0.1, 0.15) is 38.5 Å². The summed E-state index contributed by atoms with van der Waals surface area (Å²) in [6.45, 7) is 0. The number of nitrogens with zero attached hydrogens (tertiary/aromatic N) is 1. The van der Waals surface area contributed by atoms with Gasteiger partial charge in [-0.15, -0.1) is 0 Å². The topological polar surface area (TPSA) is 38.4 Å². The van der Waals surface area contributed by atoms with Crippen molar-refractivity contribution in [3.63, 3.8) is 0 Å². The Balaban J connectivity index is 2.08. The van der Waals surface area contributed by atoms with Gasteiger partial charge in [-0.05, 0) is 18.9 Å². The molecule has 1 saturated carbocycles. The van der Waals surface area contributed by atoms with Crippen LogP contribution in [0, 0.1) is 5.92 Å². The van der Waals surface area contributed by atoms with Crippen LogP contribution in [0.5, 0.6) is 0 Å². The van der Waals surface area contributed by atoms with Gasteiger partial charge in [0.25, 0.3) is 0 Å². The zero-order valence-corrected chi connectivity index (χ0v) is 8.08. The summed E-state index contributed by atoms with van der Waals surface area (Å²) in [7, 11) is 0. The molecule has 2 rings (SSSR count). The summed E-state index contributed by atoms with van der Waals surface area (Å²) in [5.41, 5.74) is 7.04. The van der Waals surface area contributed by atoms with Gasteiger partial charge < -0.3 is 5.73 Å². The van der Waals surface area contributed by atoms with E-state index in [1.165, 1.54) is 38.5 Å². The van der Waals surface area contributed by atoms with Crippen molar-refractivity contribution in [3.8, 4) is 0 Å². The van der Waals surface area contributed by atoms with Gasteiger partial charge in [-0.1, -0.05) is 25.7 Å². The predicted octanol–water partition coefficient (Wildman–Crippen LogP) is 2.25. The lowest BCUT2D eigenvalue weighted by Crippen LogP contribution is -2.28. The van der Waals surface area contributed by atoms with E-state index in [-0.39, 0.29) is 0 Å². The minimum absolute atomic E-state index is 0.491. The fraction of sp³-hybridized carbons (Fsp3) is 0.727. The van der Waals surface area contributed by atoms with Gasteiger partial charge in [-0.2, -0.15) is 0 Å². The molecule has 2 nitrogen and oxygen atoms in total. The number of allylic oxidation sites excluding steroid dienone is 1. The van der Waals surface area contributed by atoms with Crippen LogP contribution in [0.25, 0.3) is 0 Å². The first-order valence-electron chi connectivity index (χ1n) is 5.37. The van der Waals surface area contributed by atoms with Crippen molar-refractivity contribution in [1.29, 1.82) is 0 Å². The third-order valence-electron chi connectivity index (χ3n) is 3.20. The highest BCUT2D eigenvalue weighted by Gasteiger charge is 2.25. The van der Waals surface area contributed by atoms with Gasteiger partial charge in [0, 0.05) is 17.8 Å². The molecule has 0 spiro atoms. The maximum absolute atomic E-state index is 5.98. The Kier molecular flexibility index (Phi) is 2.67. The van der Waals surface area contributed by atoms with Gasteiger partial charge in [0.15, 0.2) is 0 Å². The van der Waals surface area contributed by atoms with Crippen molar-refractivity contribution in [2.24, 2.45) is 16.6 Å². The average molecular weight is 178 g/mol. The Morgan fingerprint density at radius 2 is 1.92 bits per heavy atom. The average Bonchev–Trinajstić information content (AvgIpc) is 2.07. The molecule has 0 aromatic rings. The third-order valence-corrected chi connectivity index (χ3v) is 3.20. The van der Waals surface area contributed by atoms with E-state index < -0.39 is 0 Å². The Hall–Kier alpha value is -0.790. The first-order valence-corrected chi connectivity index (χ1v) is 5.37.